The molecular formula is C9H4F3N3O2. The lowest BCUT2D eigenvalue weighted by Crippen LogP contribution is -2.11. The van der Waals surface area contributed by atoms with Crippen molar-refractivity contribution in [3.05, 3.63) is 41.5 Å². The van der Waals surface area contributed by atoms with Crippen molar-refractivity contribution in [2.24, 2.45) is 0 Å². The first-order valence-corrected chi connectivity index (χ1v) is 4.30. The number of benzene rings is 1. The van der Waals surface area contributed by atoms with E-state index in [0.717, 1.165) is 12.3 Å². The minimum atomic E-state index is -1.70. The molecule has 2 rings (SSSR count). The van der Waals surface area contributed by atoms with Gasteiger partial charge in [-0.15, -0.1) is 5.10 Å². The van der Waals surface area contributed by atoms with Crippen LogP contribution in [-0.2, 0) is 0 Å². The second-order valence-corrected chi connectivity index (χ2v) is 3.03. The SMILES string of the molecule is O=C(O)c1cnnn1-c1ccc(F)c(F)c1F. The topological polar surface area (TPSA) is 68.0 Å². The number of rotatable bonds is 2. The predicted octanol–water partition coefficient (Wildman–Crippen LogP) is 1.38. The summed E-state index contributed by atoms with van der Waals surface area (Å²) in [6, 6.07) is 1.54. The fourth-order valence-electron chi connectivity index (χ4n) is 1.24. The molecule has 0 unspecified atom stereocenters. The van der Waals surface area contributed by atoms with Gasteiger partial charge in [0.25, 0.3) is 0 Å². The summed E-state index contributed by atoms with van der Waals surface area (Å²) >= 11 is 0. The molecule has 0 aliphatic carbocycles. The Morgan fingerprint density at radius 1 is 1.24 bits per heavy atom. The number of nitrogens with zero attached hydrogens (tertiary/aromatic N) is 3. The number of hydrogen-bond donors (Lipinski definition) is 1. The molecule has 0 spiro atoms. The van der Waals surface area contributed by atoms with Crippen LogP contribution in [0.2, 0.25) is 0 Å². The summed E-state index contributed by atoms with van der Waals surface area (Å²) in [5.41, 5.74) is -0.992. The van der Waals surface area contributed by atoms with E-state index < -0.39 is 34.8 Å². The molecule has 0 aliphatic rings. The molecule has 0 fully saturated rings. The van der Waals surface area contributed by atoms with E-state index in [2.05, 4.69) is 10.3 Å². The first kappa shape index (κ1) is 11.1. The van der Waals surface area contributed by atoms with Crippen LogP contribution in [0.5, 0.6) is 0 Å². The third-order valence-corrected chi connectivity index (χ3v) is 2.01. The lowest BCUT2D eigenvalue weighted by Gasteiger charge is -2.05. The van der Waals surface area contributed by atoms with Gasteiger partial charge in [0.15, 0.2) is 23.1 Å². The van der Waals surface area contributed by atoms with Crippen LogP contribution in [0.1, 0.15) is 10.5 Å². The van der Waals surface area contributed by atoms with Gasteiger partial charge in [-0.1, -0.05) is 5.21 Å². The summed E-state index contributed by atoms with van der Waals surface area (Å²) in [4.78, 5) is 10.7. The Labute approximate surface area is 92.1 Å². The molecule has 0 bridgehead atoms. The fourth-order valence-corrected chi connectivity index (χ4v) is 1.24. The van der Waals surface area contributed by atoms with Crippen molar-refractivity contribution in [3.63, 3.8) is 0 Å². The van der Waals surface area contributed by atoms with Crippen LogP contribution < -0.4 is 0 Å². The van der Waals surface area contributed by atoms with Gasteiger partial charge in [0.05, 0.1) is 6.20 Å². The van der Waals surface area contributed by atoms with Gasteiger partial charge in [-0.3, -0.25) is 0 Å². The molecule has 1 aromatic carbocycles. The van der Waals surface area contributed by atoms with Crippen molar-refractivity contribution in [3.8, 4) is 5.69 Å². The van der Waals surface area contributed by atoms with E-state index in [1.54, 1.807) is 0 Å². The third kappa shape index (κ3) is 1.73. The van der Waals surface area contributed by atoms with E-state index in [1.807, 2.05) is 0 Å². The van der Waals surface area contributed by atoms with Crippen molar-refractivity contribution < 1.29 is 23.1 Å². The highest BCUT2D eigenvalue weighted by atomic mass is 19.2. The van der Waals surface area contributed by atoms with Gasteiger partial charge in [0.2, 0.25) is 0 Å². The third-order valence-electron chi connectivity index (χ3n) is 2.01. The van der Waals surface area contributed by atoms with Crippen molar-refractivity contribution in [2.75, 3.05) is 0 Å². The molecule has 8 heteroatoms. The predicted molar refractivity (Wildman–Crippen MR) is 48.2 cm³/mol. The van der Waals surface area contributed by atoms with Crippen LogP contribution in [-0.4, -0.2) is 26.1 Å². The second kappa shape index (κ2) is 3.89. The number of carboxylic acids is 1. The summed E-state index contributed by atoms with van der Waals surface area (Å²) in [6.07, 6.45) is 0.864. The molecule has 88 valence electrons. The highest BCUT2D eigenvalue weighted by Gasteiger charge is 2.20. The zero-order valence-electron chi connectivity index (χ0n) is 8.06. The molecule has 2 aromatic rings. The van der Waals surface area contributed by atoms with Crippen LogP contribution in [0.4, 0.5) is 13.2 Å². The number of carboxylic acid groups (broad SMARTS) is 1. The number of aromatic nitrogens is 3. The maximum Gasteiger partial charge on any atom is 0.356 e. The molecule has 17 heavy (non-hydrogen) atoms. The van der Waals surface area contributed by atoms with Gasteiger partial charge in [0.1, 0.15) is 5.69 Å². The van der Waals surface area contributed by atoms with Crippen LogP contribution in [0.15, 0.2) is 18.3 Å². The number of carbonyl (C=O) groups is 1. The van der Waals surface area contributed by atoms with Crippen molar-refractivity contribution in [1.82, 2.24) is 15.0 Å². The monoisotopic (exact) mass is 243 g/mol. The van der Waals surface area contributed by atoms with Crippen molar-refractivity contribution in [1.29, 1.82) is 0 Å². The van der Waals surface area contributed by atoms with Crippen molar-refractivity contribution >= 4 is 5.97 Å². The largest absolute Gasteiger partial charge is 0.476 e. The van der Waals surface area contributed by atoms with Crippen LogP contribution in [0.25, 0.3) is 5.69 Å². The van der Waals surface area contributed by atoms with Crippen LogP contribution in [0, 0.1) is 17.5 Å². The average Bonchev–Trinajstić information content (AvgIpc) is 2.75. The fraction of sp³-hybridized carbons (Fsp3) is 0. The molecule has 1 N–H and O–H groups in total. The zero-order chi connectivity index (χ0) is 12.6. The number of halogens is 3. The van der Waals surface area contributed by atoms with Gasteiger partial charge >= 0.3 is 5.97 Å². The quantitative estimate of drug-likeness (QED) is 0.809. The molecule has 1 heterocycles. The van der Waals surface area contributed by atoms with Gasteiger partial charge in [-0.05, 0) is 12.1 Å². The van der Waals surface area contributed by atoms with Crippen LogP contribution >= 0.6 is 0 Å². The first-order valence-electron chi connectivity index (χ1n) is 4.30. The van der Waals surface area contributed by atoms with E-state index >= 15 is 0 Å². The van der Waals surface area contributed by atoms with E-state index in [-0.39, 0.29) is 0 Å². The lowest BCUT2D eigenvalue weighted by molar-refractivity contribution is 0.0687. The standard InChI is InChI=1S/C9H4F3N3O2/c10-4-1-2-5(8(12)7(4)11)15-6(9(16)17)3-13-14-15/h1-3H,(H,16,17). The summed E-state index contributed by atoms with van der Waals surface area (Å²) in [5, 5.41) is 15.3. The smallest absolute Gasteiger partial charge is 0.356 e. The summed E-state index contributed by atoms with van der Waals surface area (Å²) < 4.78 is 39.6. The Morgan fingerprint density at radius 2 is 1.94 bits per heavy atom. The van der Waals surface area contributed by atoms with E-state index in [1.165, 1.54) is 0 Å². The lowest BCUT2D eigenvalue weighted by atomic mass is 10.2. The number of aromatic carboxylic acids is 1. The van der Waals surface area contributed by atoms with E-state index in [9.17, 15) is 18.0 Å². The molecule has 1 aromatic heterocycles. The van der Waals surface area contributed by atoms with Gasteiger partial charge in [-0.2, -0.15) is 0 Å². The molecule has 0 radical (unpaired) electrons. The van der Waals surface area contributed by atoms with E-state index in [4.69, 9.17) is 5.11 Å². The Morgan fingerprint density at radius 3 is 2.59 bits per heavy atom. The maximum absolute atomic E-state index is 13.4. The van der Waals surface area contributed by atoms with Crippen molar-refractivity contribution in [2.45, 2.75) is 0 Å². The van der Waals surface area contributed by atoms with Gasteiger partial charge in [-0.25, -0.2) is 22.6 Å². The normalized spacial score (nSPS) is 10.5. The summed E-state index contributed by atoms with van der Waals surface area (Å²) in [5.74, 6) is -6.02. The van der Waals surface area contributed by atoms with Gasteiger partial charge in [0, 0.05) is 0 Å². The molecule has 0 atom stereocenters. The molecule has 0 amide bonds. The molecule has 5 nitrogen and oxygen atoms in total. The molecule has 0 saturated carbocycles. The highest BCUT2D eigenvalue weighted by molar-refractivity contribution is 5.85. The van der Waals surface area contributed by atoms with Crippen LogP contribution in [0.3, 0.4) is 0 Å². The Bertz CT molecular complexity index is 597. The maximum atomic E-state index is 13.4. The molecule has 0 saturated heterocycles. The Kier molecular flexibility index (Phi) is 2.54. The summed E-state index contributed by atoms with van der Waals surface area (Å²) in [6.45, 7) is 0. The minimum absolute atomic E-state index is 0.463. The summed E-state index contributed by atoms with van der Waals surface area (Å²) in [7, 11) is 0. The first-order chi connectivity index (χ1) is 8.02. The molecule has 0 aliphatic heterocycles. The van der Waals surface area contributed by atoms with Gasteiger partial charge < -0.3 is 5.11 Å². The second-order valence-electron chi connectivity index (χ2n) is 3.03. The zero-order valence-corrected chi connectivity index (χ0v) is 8.06. The Balaban J connectivity index is 2.65. The average molecular weight is 243 g/mol. The number of hydrogen-bond acceptors (Lipinski definition) is 3. The Hall–Kier alpha value is -2.38. The highest BCUT2D eigenvalue weighted by Crippen LogP contribution is 2.19. The minimum Gasteiger partial charge on any atom is -0.476 e. The van der Waals surface area contributed by atoms with E-state index in [0.29, 0.717) is 10.7 Å². The molecular weight excluding hydrogens is 239 g/mol.